The summed E-state index contributed by atoms with van der Waals surface area (Å²) in [4.78, 5) is 33.9. The van der Waals surface area contributed by atoms with Crippen molar-refractivity contribution < 1.29 is 23.8 Å². The molecule has 212 valence electrons. The standard InChI is InChI=1S/C33H30N4O5/c1-21-28(37-32(42-21)23-6-3-2-4-7-23)15-17-41-26-12-10-22(11-13-26)18-30(33(39)40)36-29-14-16-35-20-27(29)31(38)24-8-5-9-25(34)19-24/h2-14,16,19-20,30H,15,17-18,34H2,1H3,(H,35,36)(H,39,40). The summed E-state index contributed by atoms with van der Waals surface area (Å²) < 4.78 is 11.7. The third-order valence-corrected chi connectivity index (χ3v) is 6.73. The minimum absolute atomic E-state index is 0.185. The number of hydrogen-bond acceptors (Lipinski definition) is 8. The van der Waals surface area contributed by atoms with Gasteiger partial charge in [0.1, 0.15) is 17.6 Å². The second kappa shape index (κ2) is 12.8. The van der Waals surface area contributed by atoms with Crippen molar-refractivity contribution >= 4 is 23.1 Å². The number of carboxylic acid groups (broad SMARTS) is 1. The largest absolute Gasteiger partial charge is 0.493 e. The number of aliphatic carboxylic acids is 1. The van der Waals surface area contributed by atoms with Gasteiger partial charge in [-0.1, -0.05) is 42.5 Å². The molecule has 5 rings (SSSR count). The molecule has 0 amide bonds. The van der Waals surface area contributed by atoms with E-state index < -0.39 is 12.0 Å². The van der Waals surface area contributed by atoms with Gasteiger partial charge in [0.15, 0.2) is 5.78 Å². The number of carbonyl (C=O) groups excluding carboxylic acids is 1. The van der Waals surface area contributed by atoms with E-state index in [1.54, 1.807) is 42.5 Å². The Bertz CT molecular complexity index is 1680. The molecule has 0 spiro atoms. The van der Waals surface area contributed by atoms with Crippen molar-refractivity contribution in [3.63, 3.8) is 0 Å². The number of carboxylic acids is 1. The molecule has 9 nitrogen and oxygen atoms in total. The van der Waals surface area contributed by atoms with Gasteiger partial charge in [-0.05, 0) is 55.0 Å². The molecule has 0 radical (unpaired) electrons. The molecule has 2 heterocycles. The summed E-state index contributed by atoms with van der Waals surface area (Å²) in [6.45, 7) is 2.30. The first-order valence-electron chi connectivity index (χ1n) is 13.4. The lowest BCUT2D eigenvalue weighted by Crippen LogP contribution is -2.32. The molecular formula is C33H30N4O5. The third kappa shape index (κ3) is 6.82. The van der Waals surface area contributed by atoms with Crippen LogP contribution in [0, 0.1) is 6.92 Å². The minimum atomic E-state index is -1.05. The van der Waals surface area contributed by atoms with Crippen LogP contribution in [-0.2, 0) is 17.6 Å². The average Bonchev–Trinajstić information content (AvgIpc) is 3.38. The molecule has 0 aliphatic heterocycles. The van der Waals surface area contributed by atoms with E-state index >= 15 is 0 Å². The Kier molecular flexibility index (Phi) is 8.58. The van der Waals surface area contributed by atoms with Crippen LogP contribution in [0.2, 0.25) is 0 Å². The van der Waals surface area contributed by atoms with Crippen LogP contribution in [0.25, 0.3) is 11.5 Å². The molecule has 3 aromatic carbocycles. The second-order valence-electron chi connectivity index (χ2n) is 9.75. The lowest BCUT2D eigenvalue weighted by molar-refractivity contribution is -0.137. The van der Waals surface area contributed by atoms with Crippen LogP contribution in [0.1, 0.15) is 32.9 Å². The zero-order valence-electron chi connectivity index (χ0n) is 23.0. The Morgan fingerprint density at radius 3 is 2.55 bits per heavy atom. The van der Waals surface area contributed by atoms with Crippen LogP contribution >= 0.6 is 0 Å². The number of nitrogens with one attached hydrogen (secondary N) is 1. The number of hydrogen-bond donors (Lipinski definition) is 3. The molecule has 1 atom stereocenters. The summed E-state index contributed by atoms with van der Waals surface area (Å²) in [6, 6.07) is 24.2. The predicted octanol–water partition coefficient (Wildman–Crippen LogP) is 5.59. The number of nitrogen functional groups attached to an aromatic ring is 1. The van der Waals surface area contributed by atoms with Crippen molar-refractivity contribution in [2.24, 2.45) is 0 Å². The highest BCUT2D eigenvalue weighted by Crippen LogP contribution is 2.24. The smallest absolute Gasteiger partial charge is 0.326 e. The number of aryl methyl sites for hydroxylation is 1. The molecule has 0 saturated heterocycles. The maximum absolute atomic E-state index is 13.1. The first kappa shape index (κ1) is 28.1. The van der Waals surface area contributed by atoms with Crippen LogP contribution in [-0.4, -0.2) is 39.5 Å². The molecule has 2 aromatic heterocycles. The van der Waals surface area contributed by atoms with E-state index in [0.29, 0.717) is 41.6 Å². The van der Waals surface area contributed by atoms with Crippen LogP contribution in [0.5, 0.6) is 5.75 Å². The van der Waals surface area contributed by atoms with E-state index in [1.807, 2.05) is 49.4 Å². The third-order valence-electron chi connectivity index (χ3n) is 6.73. The number of oxazole rings is 1. The number of pyridine rings is 1. The Morgan fingerprint density at radius 1 is 1.02 bits per heavy atom. The maximum Gasteiger partial charge on any atom is 0.326 e. The number of rotatable bonds is 12. The van der Waals surface area contributed by atoms with Crippen molar-refractivity contribution in [2.45, 2.75) is 25.8 Å². The molecule has 0 fully saturated rings. The number of aromatic nitrogens is 2. The first-order valence-corrected chi connectivity index (χ1v) is 13.4. The second-order valence-corrected chi connectivity index (χ2v) is 9.75. The summed E-state index contributed by atoms with van der Waals surface area (Å²) in [5.41, 5.74) is 9.87. The van der Waals surface area contributed by atoms with Crippen molar-refractivity contribution in [1.82, 2.24) is 9.97 Å². The van der Waals surface area contributed by atoms with E-state index in [0.717, 1.165) is 22.6 Å². The molecule has 4 N–H and O–H groups in total. The summed E-state index contributed by atoms with van der Waals surface area (Å²) in [5.74, 6) is 0.647. The van der Waals surface area contributed by atoms with E-state index in [4.69, 9.17) is 14.9 Å². The SMILES string of the molecule is Cc1oc(-c2ccccc2)nc1CCOc1ccc(CC(Nc2ccncc2C(=O)c2cccc(N)c2)C(=O)O)cc1. The van der Waals surface area contributed by atoms with Gasteiger partial charge in [0, 0.05) is 47.7 Å². The quantitative estimate of drug-likeness (QED) is 0.131. The zero-order chi connectivity index (χ0) is 29.5. The van der Waals surface area contributed by atoms with Crippen molar-refractivity contribution in [3.8, 4) is 17.2 Å². The Labute approximate surface area is 243 Å². The van der Waals surface area contributed by atoms with Crippen LogP contribution in [0.3, 0.4) is 0 Å². The number of benzene rings is 3. The van der Waals surface area contributed by atoms with Gasteiger partial charge in [0.25, 0.3) is 0 Å². The number of nitrogens with two attached hydrogens (primary N) is 1. The predicted molar refractivity (Wildman–Crippen MR) is 160 cm³/mol. The molecule has 0 saturated carbocycles. The lowest BCUT2D eigenvalue weighted by atomic mass is 10.0. The van der Waals surface area contributed by atoms with Gasteiger partial charge >= 0.3 is 5.97 Å². The fourth-order valence-corrected chi connectivity index (χ4v) is 4.51. The summed E-state index contributed by atoms with van der Waals surface area (Å²) >= 11 is 0. The van der Waals surface area contributed by atoms with Crippen molar-refractivity contribution in [2.75, 3.05) is 17.7 Å². The maximum atomic E-state index is 13.1. The number of ether oxygens (including phenoxy) is 1. The Morgan fingerprint density at radius 2 is 1.81 bits per heavy atom. The van der Waals surface area contributed by atoms with Crippen LogP contribution in [0.15, 0.2) is 102 Å². The van der Waals surface area contributed by atoms with Gasteiger partial charge < -0.3 is 25.3 Å². The zero-order valence-corrected chi connectivity index (χ0v) is 23.0. The Balaban J connectivity index is 1.20. The highest BCUT2D eigenvalue weighted by molar-refractivity contribution is 6.12. The number of carbonyl (C=O) groups is 2. The molecule has 1 unspecified atom stereocenters. The van der Waals surface area contributed by atoms with E-state index in [1.165, 1.54) is 12.4 Å². The summed E-state index contributed by atoms with van der Waals surface area (Å²) in [6.07, 6.45) is 3.69. The normalized spacial score (nSPS) is 11.5. The van der Waals surface area contributed by atoms with E-state index in [-0.39, 0.29) is 17.8 Å². The van der Waals surface area contributed by atoms with E-state index in [9.17, 15) is 14.7 Å². The minimum Gasteiger partial charge on any atom is -0.493 e. The van der Waals surface area contributed by atoms with Crippen LogP contribution in [0.4, 0.5) is 11.4 Å². The van der Waals surface area contributed by atoms with Crippen molar-refractivity contribution in [3.05, 3.63) is 125 Å². The molecule has 0 aliphatic carbocycles. The topological polar surface area (TPSA) is 141 Å². The fraction of sp³-hybridized carbons (Fsp3) is 0.152. The number of anilines is 2. The van der Waals surface area contributed by atoms with Gasteiger partial charge in [0.2, 0.25) is 5.89 Å². The van der Waals surface area contributed by atoms with E-state index in [2.05, 4.69) is 15.3 Å². The number of nitrogens with zero attached hydrogens (tertiary/aromatic N) is 2. The molecule has 0 bridgehead atoms. The van der Waals surface area contributed by atoms with Gasteiger partial charge in [-0.2, -0.15) is 0 Å². The van der Waals surface area contributed by atoms with Gasteiger partial charge in [-0.3, -0.25) is 9.78 Å². The summed E-state index contributed by atoms with van der Waals surface area (Å²) in [5, 5.41) is 12.9. The van der Waals surface area contributed by atoms with Gasteiger partial charge in [0.05, 0.1) is 17.9 Å². The fourth-order valence-electron chi connectivity index (χ4n) is 4.51. The average molecular weight is 563 g/mol. The first-order chi connectivity index (χ1) is 20.4. The lowest BCUT2D eigenvalue weighted by Gasteiger charge is -2.18. The molecule has 42 heavy (non-hydrogen) atoms. The number of ketones is 1. The van der Waals surface area contributed by atoms with Crippen molar-refractivity contribution in [1.29, 1.82) is 0 Å². The Hall–Kier alpha value is -5.44. The highest BCUT2D eigenvalue weighted by Gasteiger charge is 2.22. The molecular weight excluding hydrogens is 532 g/mol. The van der Waals surface area contributed by atoms with Gasteiger partial charge in [-0.15, -0.1) is 0 Å². The van der Waals surface area contributed by atoms with Crippen LogP contribution < -0.4 is 15.8 Å². The molecule has 5 aromatic rings. The van der Waals surface area contributed by atoms with Gasteiger partial charge in [-0.25, -0.2) is 9.78 Å². The molecule has 9 heteroatoms. The molecule has 0 aliphatic rings. The summed E-state index contributed by atoms with van der Waals surface area (Å²) in [7, 11) is 0. The monoisotopic (exact) mass is 562 g/mol. The highest BCUT2D eigenvalue weighted by atomic mass is 16.5.